The van der Waals surface area contributed by atoms with Gasteiger partial charge in [0.15, 0.2) is 0 Å². The van der Waals surface area contributed by atoms with E-state index in [9.17, 15) is 0 Å². The lowest BCUT2D eigenvalue weighted by Gasteiger charge is -2.35. The number of para-hydroxylation sites is 1. The molecule has 0 spiro atoms. The van der Waals surface area contributed by atoms with Crippen LogP contribution in [0.25, 0.3) is 21.8 Å². The van der Waals surface area contributed by atoms with Gasteiger partial charge in [-0.05, 0) is 98.5 Å². The van der Waals surface area contributed by atoms with Gasteiger partial charge in [0.25, 0.3) is 6.71 Å². The minimum Gasteiger partial charge on any atom is -0.458 e. The summed E-state index contributed by atoms with van der Waals surface area (Å²) in [6.07, 6.45) is 0. The fourth-order valence-electron chi connectivity index (χ4n) is 8.51. The van der Waals surface area contributed by atoms with E-state index >= 15 is 0 Å². The van der Waals surface area contributed by atoms with Gasteiger partial charge < -0.3 is 18.9 Å². The number of benzene rings is 6. The van der Waals surface area contributed by atoms with Crippen LogP contribution in [0, 0.1) is 0 Å². The minimum absolute atomic E-state index is 0.0248. The van der Waals surface area contributed by atoms with E-state index in [2.05, 4.69) is 188 Å². The average Bonchev–Trinajstić information content (AvgIpc) is 3.43. The van der Waals surface area contributed by atoms with Gasteiger partial charge in [0.1, 0.15) is 23.0 Å². The Kier molecular flexibility index (Phi) is 7.50. The molecule has 9 rings (SSSR count). The Labute approximate surface area is 320 Å². The molecule has 0 atom stereocenters. The van der Waals surface area contributed by atoms with E-state index in [0.717, 1.165) is 56.5 Å². The van der Waals surface area contributed by atoms with E-state index in [4.69, 9.17) is 9.47 Å². The van der Waals surface area contributed by atoms with Gasteiger partial charge in [-0.25, -0.2) is 0 Å². The largest absolute Gasteiger partial charge is 0.458 e. The smallest absolute Gasteiger partial charge is 0.260 e. The van der Waals surface area contributed by atoms with Crippen LogP contribution in [-0.4, -0.2) is 11.3 Å². The number of anilines is 3. The summed E-state index contributed by atoms with van der Waals surface area (Å²) in [5.41, 5.74) is 12.9. The third-order valence-electron chi connectivity index (χ3n) is 11.6. The molecule has 0 unspecified atom stereocenters. The molecule has 2 aliphatic rings. The first-order valence-electron chi connectivity index (χ1n) is 19.3. The summed E-state index contributed by atoms with van der Waals surface area (Å²) in [5, 5.41) is 2.36. The van der Waals surface area contributed by atoms with Crippen molar-refractivity contribution in [3.63, 3.8) is 0 Å². The van der Waals surface area contributed by atoms with Gasteiger partial charge in [-0.3, -0.25) is 0 Å². The Hall–Kier alpha value is -5.42. The van der Waals surface area contributed by atoms with E-state index in [-0.39, 0.29) is 23.0 Å². The molecule has 0 N–H and O–H groups in total. The molecule has 54 heavy (non-hydrogen) atoms. The van der Waals surface area contributed by atoms with Crippen LogP contribution in [0.3, 0.4) is 0 Å². The van der Waals surface area contributed by atoms with Crippen molar-refractivity contribution in [3.05, 3.63) is 132 Å². The molecule has 5 heteroatoms. The monoisotopic (exact) mass is 708 g/mol. The number of fused-ring (bicyclic) bond motifs is 8. The van der Waals surface area contributed by atoms with Crippen molar-refractivity contribution in [3.8, 4) is 23.0 Å². The summed E-state index contributed by atoms with van der Waals surface area (Å²) < 4.78 is 16.1. The molecule has 2 aliphatic heterocycles. The fraction of sp³-hybridized carbons (Fsp3) is 0.265. The Bertz CT molecular complexity index is 2560. The SMILES string of the molecule is Cn1c2ccccc2c2c(N(c3ccc(C(C)(C)C)cc3)c3ccc(C(C)(C)C)cc3)cc3c(c21)Oc1cccc2c1B3c1cc(C(C)(C)C)ccc1O2. The van der Waals surface area contributed by atoms with Crippen molar-refractivity contribution < 1.29 is 9.47 Å². The van der Waals surface area contributed by atoms with Gasteiger partial charge in [-0.15, -0.1) is 0 Å². The zero-order valence-electron chi connectivity index (χ0n) is 33.3. The highest BCUT2D eigenvalue weighted by Gasteiger charge is 2.43. The van der Waals surface area contributed by atoms with Crippen LogP contribution in [0.1, 0.15) is 79.0 Å². The van der Waals surface area contributed by atoms with E-state index in [1.165, 1.54) is 38.4 Å². The van der Waals surface area contributed by atoms with Crippen LogP contribution in [0.5, 0.6) is 23.0 Å². The van der Waals surface area contributed by atoms with E-state index < -0.39 is 0 Å². The second kappa shape index (κ2) is 11.8. The third-order valence-corrected chi connectivity index (χ3v) is 11.6. The van der Waals surface area contributed by atoms with Crippen molar-refractivity contribution in [2.24, 2.45) is 7.05 Å². The molecule has 270 valence electrons. The van der Waals surface area contributed by atoms with Crippen LogP contribution in [-0.2, 0) is 23.3 Å². The second-order valence-corrected chi connectivity index (χ2v) is 18.4. The summed E-state index contributed by atoms with van der Waals surface area (Å²) in [4.78, 5) is 2.46. The molecule has 3 heterocycles. The number of rotatable bonds is 3. The maximum atomic E-state index is 7.09. The lowest BCUT2D eigenvalue weighted by molar-refractivity contribution is 0.465. The first kappa shape index (κ1) is 34.4. The Morgan fingerprint density at radius 1 is 0.537 bits per heavy atom. The van der Waals surface area contributed by atoms with Gasteiger partial charge >= 0.3 is 0 Å². The highest BCUT2D eigenvalue weighted by atomic mass is 16.5. The summed E-state index contributed by atoms with van der Waals surface area (Å²) in [7, 11) is 2.18. The van der Waals surface area contributed by atoms with Gasteiger partial charge in [-0.2, -0.15) is 0 Å². The molecule has 0 amide bonds. The zero-order chi connectivity index (χ0) is 37.9. The number of aromatic nitrogens is 1. The van der Waals surface area contributed by atoms with Crippen LogP contribution >= 0.6 is 0 Å². The molecular formula is C49H49BN2O2. The first-order valence-corrected chi connectivity index (χ1v) is 19.3. The first-order chi connectivity index (χ1) is 25.6. The Balaban J connectivity index is 1.39. The molecule has 0 saturated carbocycles. The van der Waals surface area contributed by atoms with Crippen LogP contribution in [0.15, 0.2) is 115 Å². The predicted molar refractivity (Wildman–Crippen MR) is 229 cm³/mol. The molecule has 6 aromatic carbocycles. The van der Waals surface area contributed by atoms with Gasteiger partial charge in [0.2, 0.25) is 0 Å². The molecule has 0 fully saturated rings. The standard InChI is InChI=1S/C49H49BN2O2/c1-47(2,3)30-18-23-33(24-19-30)52(34-25-20-31(21-26-34)48(4,5)6)39-29-37-46(45-43(39)35-14-11-12-15-38(35)51(45)10)54-42-17-13-16-41-44(42)50(37)36-28-32(49(7,8)9)22-27-40(36)53-41/h11-29H,1-10H3. The average molecular weight is 709 g/mol. The number of aryl methyl sites for hydroxylation is 1. The van der Waals surface area contributed by atoms with Crippen molar-refractivity contribution in [2.45, 2.75) is 78.6 Å². The van der Waals surface area contributed by atoms with Gasteiger partial charge in [0, 0.05) is 40.2 Å². The van der Waals surface area contributed by atoms with Crippen molar-refractivity contribution in [1.82, 2.24) is 4.57 Å². The number of ether oxygens (including phenoxy) is 2. The quantitative estimate of drug-likeness (QED) is 0.171. The van der Waals surface area contributed by atoms with Crippen LogP contribution in [0.4, 0.5) is 17.1 Å². The van der Waals surface area contributed by atoms with E-state index in [0.29, 0.717) is 0 Å². The van der Waals surface area contributed by atoms with E-state index in [1.54, 1.807) is 0 Å². The number of nitrogens with zero attached hydrogens (tertiary/aromatic N) is 2. The molecule has 0 bridgehead atoms. The minimum atomic E-state index is -0.0828. The van der Waals surface area contributed by atoms with E-state index in [1.807, 2.05) is 6.07 Å². The maximum Gasteiger partial charge on any atom is 0.260 e. The van der Waals surface area contributed by atoms with Crippen LogP contribution in [0.2, 0.25) is 0 Å². The summed E-state index contributed by atoms with van der Waals surface area (Å²) >= 11 is 0. The lowest BCUT2D eigenvalue weighted by Crippen LogP contribution is -2.57. The number of hydrogen-bond acceptors (Lipinski definition) is 3. The Morgan fingerprint density at radius 3 is 1.69 bits per heavy atom. The summed E-state index contributed by atoms with van der Waals surface area (Å²) in [5.74, 6) is 3.51. The number of hydrogen-bond donors (Lipinski definition) is 0. The summed E-state index contributed by atoms with van der Waals surface area (Å²) in [6, 6.07) is 42.5. The van der Waals surface area contributed by atoms with Crippen LogP contribution < -0.4 is 30.8 Å². The highest BCUT2D eigenvalue weighted by molar-refractivity contribution is 6.98. The second-order valence-electron chi connectivity index (χ2n) is 18.4. The topological polar surface area (TPSA) is 26.6 Å². The fourth-order valence-corrected chi connectivity index (χ4v) is 8.51. The van der Waals surface area contributed by atoms with Gasteiger partial charge in [-0.1, -0.05) is 123 Å². The molecule has 4 nitrogen and oxygen atoms in total. The Morgan fingerprint density at radius 2 is 1.09 bits per heavy atom. The van der Waals surface area contributed by atoms with Crippen molar-refractivity contribution in [2.75, 3.05) is 4.90 Å². The van der Waals surface area contributed by atoms with Crippen molar-refractivity contribution in [1.29, 1.82) is 0 Å². The summed E-state index contributed by atoms with van der Waals surface area (Å²) in [6.45, 7) is 20.4. The zero-order valence-corrected chi connectivity index (χ0v) is 33.3. The molecule has 0 radical (unpaired) electrons. The lowest BCUT2D eigenvalue weighted by atomic mass is 9.34. The highest BCUT2D eigenvalue weighted by Crippen LogP contribution is 2.48. The van der Waals surface area contributed by atoms with Crippen molar-refractivity contribution >= 4 is 62.0 Å². The molecular weight excluding hydrogens is 659 g/mol. The molecule has 0 aliphatic carbocycles. The molecule has 7 aromatic rings. The molecule has 1 aromatic heterocycles. The molecule has 0 saturated heterocycles. The predicted octanol–water partition coefficient (Wildman–Crippen LogP) is 11.4. The maximum absolute atomic E-state index is 7.09. The normalized spacial score (nSPS) is 13.6. The van der Waals surface area contributed by atoms with Gasteiger partial charge in [0.05, 0.1) is 11.2 Å². The third kappa shape index (κ3) is 5.34.